The Labute approximate surface area is 193 Å². The molecule has 6 rings (SSSR count). The van der Waals surface area contributed by atoms with Gasteiger partial charge in [0, 0.05) is 7.59 Å². The van der Waals surface area contributed by atoms with E-state index in [2.05, 4.69) is 111 Å². The van der Waals surface area contributed by atoms with Crippen molar-refractivity contribution in [1.29, 1.82) is 0 Å². The predicted octanol–water partition coefficient (Wildman–Crippen LogP) is 6.44. The Kier molecular flexibility index (Phi) is 4.31. The van der Waals surface area contributed by atoms with Crippen molar-refractivity contribution in [2.45, 2.75) is 39.0 Å². The first-order valence-electron chi connectivity index (χ1n) is 11.8. The molecular weight excluding hydrogens is 417 g/mol. The highest BCUT2D eigenvalue weighted by atomic mass is 29.3. The minimum absolute atomic E-state index is 1.09. The zero-order valence-electron chi connectivity index (χ0n) is 19.5. The molecule has 0 aliphatic heterocycles. The van der Waals surface area contributed by atoms with Crippen LogP contribution in [0.4, 0.5) is 0 Å². The van der Waals surface area contributed by atoms with E-state index in [0.29, 0.717) is 0 Å². The molecule has 0 saturated carbocycles. The van der Waals surface area contributed by atoms with Gasteiger partial charge in [-0.05, 0) is 57.3 Å². The van der Waals surface area contributed by atoms with Crippen molar-refractivity contribution in [2.24, 2.45) is 0 Å². The number of benzene rings is 4. The molecule has 32 heavy (non-hydrogen) atoms. The third kappa shape index (κ3) is 2.66. The van der Waals surface area contributed by atoms with Gasteiger partial charge in [0.25, 0.3) is 0 Å². The third-order valence-corrected chi connectivity index (χ3v) is 25.0. The zero-order valence-corrected chi connectivity index (χ0v) is 21.5. The van der Waals surface area contributed by atoms with E-state index in [0.717, 1.165) is 12.8 Å². The summed E-state index contributed by atoms with van der Waals surface area (Å²) in [5, 5.41) is 3.38. The highest BCUT2D eigenvalue weighted by Crippen LogP contribution is 2.40. The second kappa shape index (κ2) is 6.90. The lowest BCUT2D eigenvalue weighted by atomic mass is 10.1. The van der Waals surface area contributed by atoms with E-state index < -0.39 is 15.2 Å². The first-order valence-corrected chi connectivity index (χ1v) is 18.8. The van der Waals surface area contributed by atoms with Crippen molar-refractivity contribution in [1.82, 2.24) is 0 Å². The molecule has 0 amide bonds. The summed E-state index contributed by atoms with van der Waals surface area (Å²) < 4.78 is 0. The molecule has 0 N–H and O–H groups in total. The first-order chi connectivity index (χ1) is 15.4. The Morgan fingerprint density at radius 2 is 0.875 bits per heavy atom. The lowest BCUT2D eigenvalue weighted by molar-refractivity contribution is 1.27. The molecule has 0 bridgehead atoms. The Morgan fingerprint density at radius 3 is 1.31 bits per heavy atom. The summed E-state index contributed by atoms with van der Waals surface area (Å²) in [5.41, 5.74) is 12.1. The molecule has 0 radical (unpaired) electrons. The van der Waals surface area contributed by atoms with Gasteiger partial charge in [-0.1, -0.05) is 121 Å². The quantitative estimate of drug-likeness (QED) is 0.274. The summed E-state index contributed by atoms with van der Waals surface area (Å²) in [6.45, 7) is 10.5. The molecule has 0 nitrogen and oxygen atoms in total. The fraction of sp³-hybridized carbons (Fsp3) is 0.200. The van der Waals surface area contributed by atoms with Crippen molar-refractivity contribution in [3.8, 4) is 22.3 Å². The summed E-state index contributed by atoms with van der Waals surface area (Å²) in [6.07, 6.45) is 2.17. The van der Waals surface area contributed by atoms with Crippen LogP contribution >= 0.6 is 0 Å². The third-order valence-electron chi connectivity index (χ3n) is 8.28. The zero-order chi connectivity index (χ0) is 22.1. The molecule has 0 fully saturated rings. The van der Waals surface area contributed by atoms with Crippen LogP contribution in [0.1, 0.15) is 22.3 Å². The fourth-order valence-corrected chi connectivity index (χ4v) is 16.9. The lowest BCUT2D eigenvalue weighted by Gasteiger charge is -2.42. The Hall–Kier alpha value is -2.69. The lowest BCUT2D eigenvalue weighted by Crippen LogP contribution is -2.72. The molecule has 0 unspecified atom stereocenters. The highest BCUT2D eigenvalue weighted by molar-refractivity contribution is 7.50. The molecule has 4 aromatic carbocycles. The van der Waals surface area contributed by atoms with E-state index in [1.54, 1.807) is 21.5 Å². The van der Waals surface area contributed by atoms with Gasteiger partial charge in [-0.2, -0.15) is 0 Å². The number of fused-ring (bicyclic) bond motifs is 6. The van der Waals surface area contributed by atoms with Crippen LogP contribution in [0.25, 0.3) is 22.3 Å². The van der Waals surface area contributed by atoms with E-state index in [4.69, 9.17) is 0 Å². The topological polar surface area (TPSA) is 0 Å². The van der Waals surface area contributed by atoms with E-state index in [1.807, 2.05) is 0 Å². The minimum Gasteiger partial charge on any atom is -0.0709 e. The second-order valence-corrected chi connectivity index (χ2v) is 26.0. The van der Waals surface area contributed by atoms with Crippen molar-refractivity contribution >= 4 is 25.6 Å². The molecular formula is C30H30Si2. The van der Waals surface area contributed by atoms with Crippen molar-refractivity contribution < 1.29 is 0 Å². The Bertz CT molecular complexity index is 1280. The summed E-state index contributed by atoms with van der Waals surface area (Å²) in [5.74, 6) is 0. The van der Waals surface area contributed by atoms with Gasteiger partial charge in [-0.3, -0.25) is 0 Å². The standard InChI is InChI=1S/C30H30Si2/c1-31(2,3)32(4,29-17-9-15-25-23-13-7-5-11-21(23)19-27(25)29)30-18-10-16-26-24-14-8-6-12-22(24)20-28(26)30/h5-18H,19-20H2,1-4H3. The van der Waals surface area contributed by atoms with E-state index in [1.165, 1.54) is 33.4 Å². The molecule has 0 saturated heterocycles. The van der Waals surface area contributed by atoms with Gasteiger partial charge in [0.1, 0.15) is 7.59 Å². The summed E-state index contributed by atoms with van der Waals surface area (Å²) in [4.78, 5) is 0. The summed E-state index contributed by atoms with van der Waals surface area (Å²) in [6, 6.07) is 32.4. The molecule has 2 aliphatic rings. The minimum atomic E-state index is -1.96. The summed E-state index contributed by atoms with van der Waals surface area (Å²) >= 11 is 0. The molecule has 158 valence electrons. The van der Waals surface area contributed by atoms with Crippen molar-refractivity contribution in [3.63, 3.8) is 0 Å². The van der Waals surface area contributed by atoms with Gasteiger partial charge in [0.2, 0.25) is 0 Å². The van der Waals surface area contributed by atoms with Gasteiger partial charge in [-0.15, -0.1) is 0 Å². The maximum Gasteiger partial charge on any atom is 0.108 e. The van der Waals surface area contributed by atoms with E-state index in [-0.39, 0.29) is 0 Å². The number of hydrogen-bond donors (Lipinski definition) is 0. The monoisotopic (exact) mass is 446 g/mol. The SMILES string of the molecule is C[Si](C)(C)[Si](C)(c1cccc2c1Cc1ccccc1-2)c1cccc2c1Cc1ccccc1-2. The van der Waals surface area contributed by atoms with Crippen LogP contribution in [-0.4, -0.2) is 15.2 Å². The predicted molar refractivity (Wildman–Crippen MR) is 144 cm³/mol. The van der Waals surface area contributed by atoms with Crippen LogP contribution in [0.15, 0.2) is 84.9 Å². The van der Waals surface area contributed by atoms with Gasteiger partial charge < -0.3 is 0 Å². The Balaban J connectivity index is 1.61. The molecule has 0 atom stereocenters. The van der Waals surface area contributed by atoms with Crippen molar-refractivity contribution in [2.75, 3.05) is 0 Å². The van der Waals surface area contributed by atoms with Crippen LogP contribution in [0.5, 0.6) is 0 Å². The smallest absolute Gasteiger partial charge is 0.0709 e. The Morgan fingerprint density at radius 1 is 0.469 bits per heavy atom. The average molecular weight is 447 g/mol. The fourth-order valence-electron chi connectivity index (χ4n) is 6.20. The molecule has 4 aromatic rings. The maximum atomic E-state index is 2.69. The normalized spacial score (nSPS) is 14.0. The summed E-state index contributed by atoms with van der Waals surface area (Å²) in [7, 11) is -3.50. The largest absolute Gasteiger partial charge is 0.108 e. The highest BCUT2D eigenvalue weighted by Gasteiger charge is 2.48. The van der Waals surface area contributed by atoms with Crippen LogP contribution < -0.4 is 10.4 Å². The molecule has 0 spiro atoms. The molecule has 0 aromatic heterocycles. The van der Waals surface area contributed by atoms with E-state index >= 15 is 0 Å². The molecule has 0 heterocycles. The molecule has 2 aliphatic carbocycles. The number of rotatable bonds is 3. The van der Waals surface area contributed by atoms with Crippen LogP contribution in [0.2, 0.25) is 26.2 Å². The van der Waals surface area contributed by atoms with Crippen LogP contribution in [-0.2, 0) is 12.8 Å². The van der Waals surface area contributed by atoms with E-state index in [9.17, 15) is 0 Å². The second-order valence-electron chi connectivity index (χ2n) is 10.7. The van der Waals surface area contributed by atoms with Crippen LogP contribution in [0, 0.1) is 0 Å². The average Bonchev–Trinajstić information content (AvgIpc) is 3.36. The van der Waals surface area contributed by atoms with Crippen LogP contribution in [0.3, 0.4) is 0 Å². The maximum absolute atomic E-state index is 2.69. The van der Waals surface area contributed by atoms with Gasteiger partial charge in [0.15, 0.2) is 0 Å². The number of hydrogen-bond acceptors (Lipinski definition) is 0. The van der Waals surface area contributed by atoms with Gasteiger partial charge in [-0.25, -0.2) is 0 Å². The van der Waals surface area contributed by atoms with Gasteiger partial charge >= 0.3 is 0 Å². The van der Waals surface area contributed by atoms with Gasteiger partial charge in [0.05, 0.1) is 0 Å². The molecule has 2 heteroatoms. The first kappa shape index (κ1) is 20.0. The van der Waals surface area contributed by atoms with Crippen molar-refractivity contribution in [3.05, 3.63) is 107 Å².